The Morgan fingerprint density at radius 2 is 1.86 bits per heavy atom. The summed E-state index contributed by atoms with van der Waals surface area (Å²) < 4.78 is 7.06. The van der Waals surface area contributed by atoms with Crippen LogP contribution in [0.15, 0.2) is 69.6 Å². The lowest BCUT2D eigenvalue weighted by Crippen LogP contribution is -2.23. The van der Waals surface area contributed by atoms with Crippen molar-refractivity contribution in [3.05, 3.63) is 81.8 Å². The van der Waals surface area contributed by atoms with Crippen LogP contribution in [0.3, 0.4) is 0 Å². The van der Waals surface area contributed by atoms with E-state index in [9.17, 15) is 4.79 Å². The number of hydrogen-bond donors (Lipinski definition) is 0. The minimum Gasteiger partial charge on any atom is -0.494 e. The van der Waals surface area contributed by atoms with Crippen LogP contribution >= 0.6 is 11.8 Å². The average molecular weight is 395 g/mol. The second-order valence-corrected chi connectivity index (χ2v) is 6.91. The lowest BCUT2D eigenvalue weighted by Gasteiger charge is -2.07. The maximum absolute atomic E-state index is 12.2. The predicted octanol–water partition coefficient (Wildman–Crippen LogP) is 3.56. The molecule has 0 aliphatic heterocycles. The monoisotopic (exact) mass is 394 g/mol. The van der Waals surface area contributed by atoms with Gasteiger partial charge in [-0.2, -0.15) is 9.78 Å². The standard InChI is InChI=1S/C21H22N4O2S/c1-16-20(26)25(21(28-2)24-23-16)22-15-18-10-12-19(13-11-18)27-14-6-9-17-7-4-3-5-8-17/h3-5,7-8,10-13,15H,6,9,14H2,1-2H3/b22-15-. The molecular weight excluding hydrogens is 372 g/mol. The Morgan fingerprint density at radius 1 is 1.11 bits per heavy atom. The summed E-state index contributed by atoms with van der Waals surface area (Å²) in [4.78, 5) is 12.2. The normalized spacial score (nSPS) is 11.1. The van der Waals surface area contributed by atoms with Crippen molar-refractivity contribution in [2.75, 3.05) is 12.9 Å². The number of aryl methyl sites for hydroxylation is 2. The highest BCUT2D eigenvalue weighted by Gasteiger charge is 2.07. The summed E-state index contributed by atoms with van der Waals surface area (Å²) in [6.07, 6.45) is 5.41. The summed E-state index contributed by atoms with van der Waals surface area (Å²) in [5, 5.41) is 12.5. The Balaban J connectivity index is 1.57. The van der Waals surface area contributed by atoms with Gasteiger partial charge in [0.05, 0.1) is 12.8 Å². The lowest BCUT2D eigenvalue weighted by atomic mass is 10.1. The number of thioether (sulfide) groups is 1. The first kappa shape index (κ1) is 19.8. The zero-order valence-corrected chi connectivity index (χ0v) is 16.7. The Kier molecular flexibility index (Phi) is 6.97. The van der Waals surface area contributed by atoms with E-state index in [1.165, 1.54) is 22.0 Å². The van der Waals surface area contributed by atoms with Crippen molar-refractivity contribution in [2.24, 2.45) is 5.10 Å². The molecule has 0 amide bonds. The lowest BCUT2D eigenvalue weighted by molar-refractivity contribution is 0.311. The molecule has 0 radical (unpaired) electrons. The molecule has 144 valence electrons. The number of rotatable bonds is 8. The van der Waals surface area contributed by atoms with Crippen molar-refractivity contribution in [1.82, 2.24) is 14.9 Å². The van der Waals surface area contributed by atoms with Crippen molar-refractivity contribution in [1.29, 1.82) is 0 Å². The van der Waals surface area contributed by atoms with Gasteiger partial charge in [-0.05, 0) is 61.4 Å². The molecule has 2 aromatic carbocycles. The van der Waals surface area contributed by atoms with Gasteiger partial charge in [0, 0.05) is 0 Å². The zero-order chi connectivity index (χ0) is 19.8. The van der Waals surface area contributed by atoms with E-state index in [0.29, 0.717) is 17.5 Å². The molecule has 7 heteroatoms. The minimum atomic E-state index is -0.269. The molecule has 0 spiro atoms. The maximum atomic E-state index is 12.2. The summed E-state index contributed by atoms with van der Waals surface area (Å²) in [7, 11) is 0. The number of hydrogen-bond acceptors (Lipinski definition) is 6. The molecule has 0 N–H and O–H groups in total. The van der Waals surface area contributed by atoms with Gasteiger partial charge in [0.2, 0.25) is 5.16 Å². The molecule has 0 bridgehead atoms. The zero-order valence-electron chi connectivity index (χ0n) is 15.9. The van der Waals surface area contributed by atoms with Crippen LogP contribution in [0.5, 0.6) is 5.75 Å². The van der Waals surface area contributed by atoms with Crippen LogP contribution in [0.1, 0.15) is 23.2 Å². The van der Waals surface area contributed by atoms with Crippen LogP contribution in [-0.2, 0) is 6.42 Å². The molecule has 3 rings (SSSR count). The number of nitrogens with zero attached hydrogens (tertiary/aromatic N) is 4. The molecule has 6 nitrogen and oxygen atoms in total. The topological polar surface area (TPSA) is 69.4 Å². The van der Waals surface area contributed by atoms with E-state index >= 15 is 0 Å². The largest absolute Gasteiger partial charge is 0.494 e. The molecule has 0 saturated carbocycles. The van der Waals surface area contributed by atoms with Crippen molar-refractivity contribution in [3.63, 3.8) is 0 Å². The van der Waals surface area contributed by atoms with Gasteiger partial charge < -0.3 is 4.74 Å². The molecule has 0 aliphatic carbocycles. The first-order valence-electron chi connectivity index (χ1n) is 8.99. The molecule has 0 saturated heterocycles. The fraction of sp³-hybridized carbons (Fsp3) is 0.238. The second kappa shape index (κ2) is 9.85. The van der Waals surface area contributed by atoms with E-state index in [2.05, 4.69) is 39.6 Å². The third-order valence-corrected chi connectivity index (χ3v) is 4.69. The van der Waals surface area contributed by atoms with E-state index in [1.807, 2.05) is 36.6 Å². The van der Waals surface area contributed by atoms with Crippen LogP contribution in [0, 0.1) is 6.92 Å². The van der Waals surface area contributed by atoms with E-state index in [0.717, 1.165) is 24.2 Å². The number of benzene rings is 2. The molecule has 1 heterocycles. The molecule has 0 atom stereocenters. The van der Waals surface area contributed by atoms with E-state index < -0.39 is 0 Å². The van der Waals surface area contributed by atoms with Crippen molar-refractivity contribution >= 4 is 18.0 Å². The van der Waals surface area contributed by atoms with Crippen LogP contribution in [0.4, 0.5) is 0 Å². The Labute approximate surface area is 168 Å². The highest BCUT2D eigenvalue weighted by atomic mass is 32.2. The van der Waals surface area contributed by atoms with Gasteiger partial charge in [0.1, 0.15) is 11.4 Å². The highest BCUT2D eigenvalue weighted by Crippen LogP contribution is 2.13. The smallest absolute Gasteiger partial charge is 0.296 e. The summed E-state index contributed by atoms with van der Waals surface area (Å²) in [6, 6.07) is 18.0. The van der Waals surface area contributed by atoms with Gasteiger partial charge in [0.15, 0.2) is 0 Å². The van der Waals surface area contributed by atoms with Gasteiger partial charge in [-0.3, -0.25) is 4.79 Å². The fourth-order valence-electron chi connectivity index (χ4n) is 2.56. The third-order valence-electron chi connectivity index (χ3n) is 4.07. The van der Waals surface area contributed by atoms with Crippen LogP contribution in [-0.4, -0.2) is 34.0 Å². The first-order chi connectivity index (χ1) is 13.7. The number of aromatic nitrogens is 3. The molecule has 0 unspecified atom stereocenters. The Morgan fingerprint density at radius 3 is 2.57 bits per heavy atom. The quantitative estimate of drug-likeness (QED) is 0.332. The summed E-state index contributed by atoms with van der Waals surface area (Å²) in [5.74, 6) is 0.814. The summed E-state index contributed by atoms with van der Waals surface area (Å²) in [6.45, 7) is 2.28. The van der Waals surface area contributed by atoms with Gasteiger partial charge in [0.25, 0.3) is 5.56 Å². The molecule has 3 aromatic rings. The Bertz CT molecular complexity index is 986. The SMILES string of the molecule is CSc1nnc(C)c(=O)n1/N=C\c1ccc(OCCCc2ccccc2)cc1. The highest BCUT2D eigenvalue weighted by molar-refractivity contribution is 7.98. The fourth-order valence-corrected chi connectivity index (χ4v) is 2.98. The molecule has 0 aliphatic rings. The number of ether oxygens (including phenoxy) is 1. The van der Waals surface area contributed by atoms with Gasteiger partial charge in [-0.25, -0.2) is 0 Å². The molecular formula is C21H22N4O2S. The van der Waals surface area contributed by atoms with Crippen LogP contribution in [0.25, 0.3) is 0 Å². The van der Waals surface area contributed by atoms with Crippen molar-refractivity contribution in [2.45, 2.75) is 24.9 Å². The Hall–Kier alpha value is -2.93. The van der Waals surface area contributed by atoms with Gasteiger partial charge in [-0.15, -0.1) is 10.2 Å². The van der Waals surface area contributed by atoms with Crippen LogP contribution < -0.4 is 10.3 Å². The van der Waals surface area contributed by atoms with E-state index in [1.54, 1.807) is 13.1 Å². The second-order valence-electron chi connectivity index (χ2n) is 6.14. The minimum absolute atomic E-state index is 0.269. The summed E-state index contributed by atoms with van der Waals surface area (Å²) >= 11 is 1.32. The predicted molar refractivity (Wildman–Crippen MR) is 113 cm³/mol. The molecule has 28 heavy (non-hydrogen) atoms. The van der Waals surface area contributed by atoms with E-state index in [-0.39, 0.29) is 5.56 Å². The van der Waals surface area contributed by atoms with Gasteiger partial charge in [-0.1, -0.05) is 42.1 Å². The summed E-state index contributed by atoms with van der Waals surface area (Å²) in [5.41, 5.74) is 2.23. The van der Waals surface area contributed by atoms with Crippen molar-refractivity contribution < 1.29 is 4.74 Å². The van der Waals surface area contributed by atoms with Crippen LogP contribution in [0.2, 0.25) is 0 Å². The van der Waals surface area contributed by atoms with Gasteiger partial charge >= 0.3 is 0 Å². The first-order valence-corrected chi connectivity index (χ1v) is 10.2. The maximum Gasteiger partial charge on any atom is 0.296 e. The molecule has 1 aromatic heterocycles. The molecule has 0 fully saturated rings. The third kappa shape index (κ3) is 5.29. The van der Waals surface area contributed by atoms with E-state index in [4.69, 9.17) is 4.74 Å². The van der Waals surface area contributed by atoms with Crippen molar-refractivity contribution in [3.8, 4) is 5.75 Å². The average Bonchev–Trinajstić information content (AvgIpc) is 2.74.